The van der Waals surface area contributed by atoms with Crippen molar-refractivity contribution in [2.24, 2.45) is 0 Å². The smallest absolute Gasteiger partial charge is 0.462 e. The second kappa shape index (κ2) is 69.7. The third kappa shape index (κ3) is 68.8. The summed E-state index contributed by atoms with van der Waals surface area (Å²) in [4.78, 5) is 72.7. The number of hydrogen-bond acceptors (Lipinski definition) is 15. The van der Waals surface area contributed by atoms with E-state index in [-0.39, 0.29) is 25.7 Å². The lowest BCUT2D eigenvalue weighted by Crippen LogP contribution is -2.30. The summed E-state index contributed by atoms with van der Waals surface area (Å²) in [5.41, 5.74) is 0. The zero-order valence-electron chi connectivity index (χ0n) is 60.5. The molecule has 0 saturated carbocycles. The predicted octanol–water partition coefficient (Wildman–Crippen LogP) is 21.4. The van der Waals surface area contributed by atoms with Crippen LogP contribution in [0.3, 0.4) is 0 Å². The van der Waals surface area contributed by atoms with Gasteiger partial charge in [-0.1, -0.05) is 260 Å². The van der Waals surface area contributed by atoms with Gasteiger partial charge in [-0.05, 0) is 122 Å². The van der Waals surface area contributed by atoms with E-state index >= 15 is 0 Å². The standard InChI is InChI=1S/C77H136O17P2/c1-5-9-13-17-21-25-29-32-35-38-42-45-49-53-57-61-74(79)87-67-72(93-76(81)63-59-55-51-47-41-28-24-20-16-12-8-4)69-91-95(83,84)89-65-71(78)66-90-96(85,86)92-70-73(94-77(82)64-60-56-52-48-44-40-37-34-31-27-23-19-15-11-7-3)68-88-75(80)62-58-54-50-46-43-39-36-33-30-26-22-18-14-10-6-2/h10,14,21-22,25-26,32-37,43,46,71-73,78H,5-9,11-13,15-20,23-24,27-31,38-42,44-45,47-70H2,1-4H3,(H,83,84)(H,85,86)/b14-10-,25-21-,26-22-,35-32-,36-33-,37-34-,46-43-. The summed E-state index contributed by atoms with van der Waals surface area (Å²) in [6, 6.07) is 0. The molecule has 0 aromatic heterocycles. The van der Waals surface area contributed by atoms with Crippen LogP contribution in [0.2, 0.25) is 0 Å². The van der Waals surface area contributed by atoms with Gasteiger partial charge in [0.05, 0.1) is 26.4 Å². The topological polar surface area (TPSA) is 237 Å². The largest absolute Gasteiger partial charge is 0.472 e. The fourth-order valence-electron chi connectivity index (χ4n) is 10.1. The number of phosphoric acid groups is 2. The highest BCUT2D eigenvalue weighted by Crippen LogP contribution is 2.45. The Hall–Kier alpha value is -3.76. The molecule has 17 nitrogen and oxygen atoms in total. The number of ether oxygens (including phenoxy) is 4. The van der Waals surface area contributed by atoms with E-state index < -0.39 is 97.5 Å². The lowest BCUT2D eigenvalue weighted by molar-refractivity contribution is -0.161. The molecule has 0 bridgehead atoms. The van der Waals surface area contributed by atoms with E-state index in [2.05, 4.69) is 113 Å². The van der Waals surface area contributed by atoms with Gasteiger partial charge in [0.15, 0.2) is 12.2 Å². The van der Waals surface area contributed by atoms with Crippen LogP contribution in [0, 0.1) is 0 Å². The van der Waals surface area contributed by atoms with Gasteiger partial charge in [0.2, 0.25) is 0 Å². The van der Waals surface area contributed by atoms with Crippen LogP contribution in [-0.4, -0.2) is 96.7 Å². The first-order valence-electron chi connectivity index (χ1n) is 37.8. The van der Waals surface area contributed by atoms with Crippen molar-refractivity contribution in [3.05, 3.63) is 85.1 Å². The maximum absolute atomic E-state index is 13.1. The first-order valence-corrected chi connectivity index (χ1v) is 40.8. The number of carbonyl (C=O) groups excluding carboxylic acids is 4. The van der Waals surface area contributed by atoms with Gasteiger partial charge in [-0.2, -0.15) is 0 Å². The maximum atomic E-state index is 13.1. The highest BCUT2D eigenvalue weighted by Gasteiger charge is 2.30. The van der Waals surface area contributed by atoms with Crippen LogP contribution in [0.15, 0.2) is 85.1 Å². The molecule has 0 aromatic carbocycles. The fourth-order valence-corrected chi connectivity index (χ4v) is 11.6. The number of hydrogen-bond donors (Lipinski definition) is 3. The van der Waals surface area contributed by atoms with E-state index in [9.17, 15) is 43.2 Å². The van der Waals surface area contributed by atoms with E-state index in [0.717, 1.165) is 148 Å². The first kappa shape index (κ1) is 92.2. The Morgan fingerprint density at radius 2 is 0.542 bits per heavy atom. The SMILES string of the molecule is CC/C=C\C/C=C\C/C=C\C/C=C\CCCCC(=O)OCC(COP(=O)(O)OCC(O)COP(=O)(O)OCC(COC(=O)CCCCCCC/C=C\C/C=C\CCCCC)OC(=O)CCCCCCCCCCCCC)OC(=O)CCCCCCC/C=C\CCCCCCCC. The van der Waals surface area contributed by atoms with Gasteiger partial charge in [-0.3, -0.25) is 37.3 Å². The summed E-state index contributed by atoms with van der Waals surface area (Å²) in [5.74, 6) is -2.23. The minimum atomic E-state index is -4.98. The van der Waals surface area contributed by atoms with Crippen LogP contribution in [0.1, 0.15) is 323 Å². The molecule has 0 saturated heterocycles. The number of esters is 4. The quantitative estimate of drug-likeness (QED) is 0.0169. The van der Waals surface area contributed by atoms with Crippen molar-refractivity contribution in [3.8, 4) is 0 Å². The van der Waals surface area contributed by atoms with Crippen molar-refractivity contribution >= 4 is 39.5 Å². The highest BCUT2D eigenvalue weighted by molar-refractivity contribution is 7.47. The molecule has 0 rings (SSSR count). The van der Waals surface area contributed by atoms with Crippen molar-refractivity contribution in [2.75, 3.05) is 39.6 Å². The maximum Gasteiger partial charge on any atom is 0.472 e. The van der Waals surface area contributed by atoms with Gasteiger partial charge in [0, 0.05) is 25.7 Å². The van der Waals surface area contributed by atoms with Crippen LogP contribution in [-0.2, 0) is 65.4 Å². The molecule has 0 aliphatic rings. The number of aliphatic hydroxyl groups is 1. The summed E-state index contributed by atoms with van der Waals surface area (Å²) in [6.07, 6.45) is 70.1. The zero-order chi connectivity index (χ0) is 70.4. The third-order valence-electron chi connectivity index (χ3n) is 15.8. The second-order valence-electron chi connectivity index (χ2n) is 25.2. The fraction of sp³-hybridized carbons (Fsp3) is 0.766. The molecule has 0 radical (unpaired) electrons. The number of carbonyl (C=O) groups is 4. The van der Waals surface area contributed by atoms with Gasteiger partial charge < -0.3 is 33.8 Å². The lowest BCUT2D eigenvalue weighted by atomic mass is 10.1. The summed E-state index contributed by atoms with van der Waals surface area (Å²) >= 11 is 0. The lowest BCUT2D eigenvalue weighted by Gasteiger charge is -2.21. The van der Waals surface area contributed by atoms with Crippen LogP contribution >= 0.6 is 15.6 Å². The Kier molecular flexibility index (Phi) is 67.0. The Labute approximate surface area is 583 Å². The van der Waals surface area contributed by atoms with Gasteiger partial charge in [0.25, 0.3) is 0 Å². The van der Waals surface area contributed by atoms with Crippen molar-refractivity contribution < 1.29 is 80.2 Å². The molecule has 96 heavy (non-hydrogen) atoms. The molecular formula is C77H136O17P2. The normalized spacial score (nSPS) is 14.4. The minimum absolute atomic E-state index is 0.0771. The van der Waals surface area contributed by atoms with E-state index in [4.69, 9.17) is 37.0 Å². The van der Waals surface area contributed by atoms with Crippen molar-refractivity contribution in [2.45, 2.75) is 341 Å². The zero-order valence-corrected chi connectivity index (χ0v) is 62.3. The first-order chi connectivity index (χ1) is 46.7. The van der Waals surface area contributed by atoms with E-state index in [1.165, 1.54) is 96.3 Å². The molecule has 0 spiro atoms. The monoisotopic (exact) mass is 1390 g/mol. The Bertz CT molecular complexity index is 2160. The molecule has 0 aromatic rings. The van der Waals surface area contributed by atoms with Crippen LogP contribution in [0.25, 0.3) is 0 Å². The third-order valence-corrected chi connectivity index (χ3v) is 17.7. The van der Waals surface area contributed by atoms with Gasteiger partial charge in [0.1, 0.15) is 19.3 Å². The summed E-state index contributed by atoms with van der Waals surface area (Å²) in [6.45, 7) is 4.67. The molecule has 0 amide bonds. The van der Waals surface area contributed by atoms with Gasteiger partial charge in [-0.25, -0.2) is 9.13 Å². The van der Waals surface area contributed by atoms with E-state index in [1.807, 2.05) is 0 Å². The molecule has 0 fully saturated rings. The molecule has 3 N–H and O–H groups in total. The average molecular weight is 1400 g/mol. The van der Waals surface area contributed by atoms with Crippen LogP contribution in [0.5, 0.6) is 0 Å². The molecule has 0 heterocycles. The molecule has 556 valence electrons. The summed E-state index contributed by atoms with van der Waals surface area (Å²) < 4.78 is 68.4. The molecule has 5 unspecified atom stereocenters. The number of rotatable bonds is 71. The Balaban J connectivity index is 5.36. The van der Waals surface area contributed by atoms with Crippen LogP contribution in [0.4, 0.5) is 0 Å². The van der Waals surface area contributed by atoms with Crippen molar-refractivity contribution in [1.82, 2.24) is 0 Å². The molecule has 0 aliphatic carbocycles. The Morgan fingerprint density at radius 3 is 0.885 bits per heavy atom. The highest BCUT2D eigenvalue weighted by atomic mass is 31.2. The van der Waals surface area contributed by atoms with Gasteiger partial charge in [-0.15, -0.1) is 0 Å². The Morgan fingerprint density at radius 1 is 0.302 bits per heavy atom. The van der Waals surface area contributed by atoms with Crippen molar-refractivity contribution in [3.63, 3.8) is 0 Å². The van der Waals surface area contributed by atoms with Crippen LogP contribution < -0.4 is 0 Å². The summed E-state index contributed by atoms with van der Waals surface area (Å²) in [7, 11) is -9.95. The molecule has 0 aliphatic heterocycles. The van der Waals surface area contributed by atoms with Crippen molar-refractivity contribution in [1.29, 1.82) is 0 Å². The van der Waals surface area contributed by atoms with E-state index in [1.54, 1.807) is 0 Å². The number of allylic oxidation sites excluding steroid dienone is 14. The molecule has 19 heteroatoms. The number of unbranched alkanes of at least 4 members (excludes halogenated alkanes) is 31. The minimum Gasteiger partial charge on any atom is -0.462 e. The number of phosphoric ester groups is 2. The predicted molar refractivity (Wildman–Crippen MR) is 390 cm³/mol. The molecular weight excluding hydrogens is 1260 g/mol. The van der Waals surface area contributed by atoms with Gasteiger partial charge >= 0.3 is 39.5 Å². The average Bonchev–Trinajstić information content (AvgIpc) is 1.09. The van der Waals surface area contributed by atoms with E-state index in [0.29, 0.717) is 25.7 Å². The second-order valence-corrected chi connectivity index (χ2v) is 28.1. The number of aliphatic hydroxyl groups excluding tert-OH is 1. The summed E-state index contributed by atoms with van der Waals surface area (Å²) in [5, 5.41) is 10.6. The molecule has 5 atom stereocenters.